The summed E-state index contributed by atoms with van der Waals surface area (Å²) >= 11 is 0. The summed E-state index contributed by atoms with van der Waals surface area (Å²) < 4.78 is 0. The SMILES string of the molecule is CC1(C)C/C=C/CC/C=C/CC(C)(C)N=N1. The fourth-order valence-corrected chi connectivity index (χ4v) is 1.52. The van der Waals surface area contributed by atoms with E-state index in [0.29, 0.717) is 0 Å². The van der Waals surface area contributed by atoms with E-state index in [-0.39, 0.29) is 11.1 Å². The van der Waals surface area contributed by atoms with Gasteiger partial charge in [0.1, 0.15) is 0 Å². The highest BCUT2D eigenvalue weighted by Gasteiger charge is 2.19. The predicted molar refractivity (Wildman–Crippen MR) is 69.8 cm³/mol. The first-order valence-corrected chi connectivity index (χ1v) is 6.15. The standard InChI is InChI=1S/C14H24N2/c1-13(2)11-9-7-5-6-8-10-12-14(3,4)16-15-13/h7-10H,5-6,11-12H2,1-4H3/b9-7+,10-8+,16-15?. The summed E-state index contributed by atoms with van der Waals surface area (Å²) in [4.78, 5) is 0. The lowest BCUT2D eigenvalue weighted by atomic mass is 9.99. The van der Waals surface area contributed by atoms with Gasteiger partial charge >= 0.3 is 0 Å². The number of nitrogens with zero attached hydrogens (tertiary/aromatic N) is 2. The maximum atomic E-state index is 4.48. The number of rotatable bonds is 0. The molecule has 0 N–H and O–H groups in total. The van der Waals surface area contributed by atoms with Crippen LogP contribution in [0.1, 0.15) is 53.4 Å². The Hall–Kier alpha value is -0.920. The molecule has 1 rings (SSSR count). The highest BCUT2D eigenvalue weighted by atomic mass is 15.2. The lowest BCUT2D eigenvalue weighted by molar-refractivity contribution is 0.423. The summed E-state index contributed by atoms with van der Waals surface area (Å²) in [6.07, 6.45) is 13.1. The Balaban J connectivity index is 2.80. The molecule has 1 heterocycles. The van der Waals surface area contributed by atoms with Crippen molar-refractivity contribution in [3.05, 3.63) is 24.3 Å². The van der Waals surface area contributed by atoms with Gasteiger partial charge in [-0.25, -0.2) is 0 Å². The molecule has 0 atom stereocenters. The third-order valence-electron chi connectivity index (χ3n) is 2.66. The molecule has 0 bridgehead atoms. The van der Waals surface area contributed by atoms with Gasteiger partial charge in [-0.05, 0) is 53.4 Å². The number of hydrogen-bond donors (Lipinski definition) is 0. The fraction of sp³-hybridized carbons (Fsp3) is 0.714. The van der Waals surface area contributed by atoms with E-state index in [1.165, 1.54) is 0 Å². The molecule has 90 valence electrons. The molecule has 16 heavy (non-hydrogen) atoms. The summed E-state index contributed by atoms with van der Waals surface area (Å²) in [5, 5.41) is 8.96. The van der Waals surface area contributed by atoms with Crippen molar-refractivity contribution in [2.24, 2.45) is 10.2 Å². The Kier molecular flexibility index (Phi) is 4.45. The number of hydrogen-bond acceptors (Lipinski definition) is 2. The minimum absolute atomic E-state index is 0.0727. The molecule has 0 radical (unpaired) electrons. The second-order valence-electron chi connectivity index (χ2n) is 5.75. The van der Waals surface area contributed by atoms with Crippen molar-refractivity contribution < 1.29 is 0 Å². The van der Waals surface area contributed by atoms with Crippen molar-refractivity contribution in [3.8, 4) is 0 Å². The van der Waals surface area contributed by atoms with Crippen LogP contribution in [0.2, 0.25) is 0 Å². The maximum absolute atomic E-state index is 4.48. The second-order valence-corrected chi connectivity index (χ2v) is 5.75. The van der Waals surface area contributed by atoms with Gasteiger partial charge < -0.3 is 0 Å². The van der Waals surface area contributed by atoms with E-state index in [1.807, 2.05) is 0 Å². The highest BCUT2D eigenvalue weighted by molar-refractivity contribution is 4.97. The molecule has 0 amide bonds. The molecule has 1 aliphatic heterocycles. The van der Waals surface area contributed by atoms with Crippen molar-refractivity contribution in [3.63, 3.8) is 0 Å². The molecule has 0 spiro atoms. The molecule has 0 saturated carbocycles. The van der Waals surface area contributed by atoms with Gasteiger partial charge in [0.25, 0.3) is 0 Å². The molecule has 0 fully saturated rings. The van der Waals surface area contributed by atoms with Gasteiger partial charge in [0, 0.05) is 0 Å². The van der Waals surface area contributed by atoms with Crippen molar-refractivity contribution in [1.29, 1.82) is 0 Å². The Bertz CT molecular complexity index is 266. The van der Waals surface area contributed by atoms with Gasteiger partial charge in [-0.3, -0.25) is 0 Å². The van der Waals surface area contributed by atoms with Gasteiger partial charge in [-0.1, -0.05) is 24.3 Å². The van der Waals surface area contributed by atoms with Crippen LogP contribution in [0.25, 0.3) is 0 Å². The third-order valence-corrected chi connectivity index (χ3v) is 2.66. The molecule has 0 saturated heterocycles. The predicted octanol–water partition coefficient (Wildman–Crippen LogP) is 4.68. The Morgan fingerprint density at radius 3 is 1.44 bits per heavy atom. The third kappa shape index (κ3) is 5.24. The zero-order chi connectivity index (χ0) is 12.1. The summed E-state index contributed by atoms with van der Waals surface area (Å²) in [6, 6.07) is 0. The average Bonchev–Trinajstić information content (AvgIpc) is 2.18. The molecule has 1 aliphatic rings. The lowest BCUT2D eigenvalue weighted by Crippen LogP contribution is -2.20. The summed E-state index contributed by atoms with van der Waals surface area (Å²) in [6.45, 7) is 8.55. The number of allylic oxidation sites excluding steroid dienone is 2. The van der Waals surface area contributed by atoms with E-state index in [2.05, 4.69) is 62.2 Å². The largest absolute Gasteiger partial charge is 0.187 e. The topological polar surface area (TPSA) is 24.7 Å². The average molecular weight is 220 g/mol. The zero-order valence-electron chi connectivity index (χ0n) is 11.0. The first-order chi connectivity index (χ1) is 7.41. The van der Waals surface area contributed by atoms with Crippen LogP contribution in [0.5, 0.6) is 0 Å². The maximum Gasteiger partial charge on any atom is 0.0794 e. The van der Waals surface area contributed by atoms with Crippen LogP contribution in [0, 0.1) is 0 Å². The van der Waals surface area contributed by atoms with E-state index in [9.17, 15) is 0 Å². The Labute approximate surface area is 99.5 Å². The summed E-state index contributed by atoms with van der Waals surface area (Å²) in [7, 11) is 0. The van der Waals surface area contributed by atoms with Crippen LogP contribution in [-0.2, 0) is 0 Å². The molecule has 0 unspecified atom stereocenters. The van der Waals surface area contributed by atoms with Gasteiger partial charge in [0.15, 0.2) is 0 Å². The minimum Gasteiger partial charge on any atom is -0.187 e. The van der Waals surface area contributed by atoms with Crippen LogP contribution >= 0.6 is 0 Å². The van der Waals surface area contributed by atoms with Crippen molar-refractivity contribution in [2.75, 3.05) is 0 Å². The van der Waals surface area contributed by atoms with Crippen molar-refractivity contribution in [1.82, 2.24) is 0 Å². The number of azo groups is 1. The van der Waals surface area contributed by atoms with Gasteiger partial charge in [0.2, 0.25) is 0 Å². The zero-order valence-corrected chi connectivity index (χ0v) is 11.0. The molecule has 2 heteroatoms. The summed E-state index contributed by atoms with van der Waals surface area (Å²) in [5.74, 6) is 0. The first-order valence-electron chi connectivity index (χ1n) is 6.15. The molecular weight excluding hydrogens is 196 g/mol. The van der Waals surface area contributed by atoms with E-state index in [1.54, 1.807) is 0 Å². The van der Waals surface area contributed by atoms with Gasteiger partial charge in [-0.2, -0.15) is 10.2 Å². The van der Waals surface area contributed by atoms with E-state index in [0.717, 1.165) is 25.7 Å². The summed E-state index contributed by atoms with van der Waals surface area (Å²) in [5.41, 5.74) is -0.145. The van der Waals surface area contributed by atoms with E-state index < -0.39 is 0 Å². The van der Waals surface area contributed by atoms with E-state index in [4.69, 9.17) is 0 Å². The monoisotopic (exact) mass is 220 g/mol. The molecule has 0 aromatic rings. The highest BCUT2D eigenvalue weighted by Crippen LogP contribution is 2.22. The fourth-order valence-electron chi connectivity index (χ4n) is 1.52. The first kappa shape index (κ1) is 13.1. The van der Waals surface area contributed by atoms with Crippen LogP contribution in [0.4, 0.5) is 0 Å². The van der Waals surface area contributed by atoms with Crippen LogP contribution in [0.3, 0.4) is 0 Å². The van der Waals surface area contributed by atoms with Crippen molar-refractivity contribution in [2.45, 2.75) is 64.5 Å². The van der Waals surface area contributed by atoms with Crippen LogP contribution in [-0.4, -0.2) is 11.1 Å². The Morgan fingerprint density at radius 1 is 0.688 bits per heavy atom. The lowest BCUT2D eigenvalue weighted by Gasteiger charge is -2.21. The second kappa shape index (κ2) is 5.42. The molecular formula is C14H24N2. The van der Waals surface area contributed by atoms with Gasteiger partial charge in [-0.15, -0.1) is 0 Å². The molecule has 0 aromatic heterocycles. The minimum atomic E-state index is -0.0727. The molecule has 0 aromatic carbocycles. The van der Waals surface area contributed by atoms with Crippen LogP contribution in [0.15, 0.2) is 34.5 Å². The normalized spacial score (nSPS) is 28.8. The van der Waals surface area contributed by atoms with Crippen molar-refractivity contribution >= 4 is 0 Å². The molecule has 0 aliphatic carbocycles. The quantitative estimate of drug-likeness (QED) is 0.529. The van der Waals surface area contributed by atoms with E-state index >= 15 is 0 Å². The van der Waals surface area contributed by atoms with Crippen LogP contribution < -0.4 is 0 Å². The smallest absolute Gasteiger partial charge is 0.0794 e. The van der Waals surface area contributed by atoms with Gasteiger partial charge in [0.05, 0.1) is 11.1 Å². The molecule has 2 nitrogen and oxygen atoms in total. The Morgan fingerprint density at radius 2 is 1.06 bits per heavy atom.